The summed E-state index contributed by atoms with van der Waals surface area (Å²) >= 11 is 17.7. The lowest BCUT2D eigenvalue weighted by molar-refractivity contribution is -0.134. The maximum Gasteiger partial charge on any atom is 0.280 e. The van der Waals surface area contributed by atoms with Crippen molar-refractivity contribution >= 4 is 58.4 Å². The van der Waals surface area contributed by atoms with Crippen LogP contribution in [0.5, 0.6) is 0 Å². The van der Waals surface area contributed by atoms with Gasteiger partial charge in [-0.05, 0) is 72.8 Å². The number of halogens is 3. The Labute approximate surface area is 198 Å². The van der Waals surface area contributed by atoms with Crippen molar-refractivity contribution in [2.75, 3.05) is 0 Å². The van der Waals surface area contributed by atoms with E-state index in [1.54, 1.807) is 0 Å². The molecule has 162 valence electrons. The molecule has 0 fully saturated rings. The van der Waals surface area contributed by atoms with Crippen molar-refractivity contribution in [1.82, 2.24) is 10.0 Å². The van der Waals surface area contributed by atoms with Crippen LogP contribution in [-0.4, -0.2) is 33.6 Å². The summed E-state index contributed by atoms with van der Waals surface area (Å²) in [6, 6.07) is 17.1. The summed E-state index contributed by atoms with van der Waals surface area (Å²) in [5.41, 5.74) is 0.154. The predicted molar refractivity (Wildman–Crippen MR) is 122 cm³/mol. The average Bonchev–Trinajstić information content (AvgIpc) is 2.77. The Bertz CT molecular complexity index is 1120. The van der Waals surface area contributed by atoms with Crippen molar-refractivity contribution < 1.29 is 19.2 Å². The van der Waals surface area contributed by atoms with Gasteiger partial charge < -0.3 is 0 Å². The molecule has 6 nitrogen and oxygen atoms in total. The third-order valence-corrected chi connectivity index (χ3v) is 5.10. The number of amides is 4. The summed E-state index contributed by atoms with van der Waals surface area (Å²) < 4.78 is 0. The van der Waals surface area contributed by atoms with Crippen molar-refractivity contribution in [2.24, 2.45) is 0 Å². The largest absolute Gasteiger partial charge is 0.280 e. The lowest BCUT2D eigenvalue weighted by Gasteiger charge is -2.31. The zero-order valence-corrected chi connectivity index (χ0v) is 18.9. The summed E-state index contributed by atoms with van der Waals surface area (Å²) in [7, 11) is 0. The minimum absolute atomic E-state index is 0.0480. The zero-order chi connectivity index (χ0) is 23.4. The van der Waals surface area contributed by atoms with Crippen LogP contribution in [0.15, 0.2) is 72.8 Å². The van der Waals surface area contributed by atoms with E-state index < -0.39 is 23.6 Å². The molecule has 0 heterocycles. The Morgan fingerprint density at radius 2 is 0.750 bits per heavy atom. The molecule has 9 heteroatoms. The van der Waals surface area contributed by atoms with E-state index in [-0.39, 0.29) is 16.7 Å². The molecule has 0 atom stereocenters. The molecule has 0 saturated heterocycles. The van der Waals surface area contributed by atoms with Crippen molar-refractivity contribution in [1.29, 1.82) is 0 Å². The van der Waals surface area contributed by atoms with Crippen LogP contribution in [0.2, 0.25) is 15.1 Å². The fourth-order valence-electron chi connectivity index (χ4n) is 2.79. The highest BCUT2D eigenvalue weighted by Crippen LogP contribution is 2.20. The first kappa shape index (κ1) is 23.5. The van der Waals surface area contributed by atoms with Gasteiger partial charge in [-0.2, -0.15) is 10.0 Å². The predicted octanol–water partition coefficient (Wildman–Crippen LogP) is 5.53. The monoisotopic (exact) mass is 488 g/mol. The molecular weight excluding hydrogens is 475 g/mol. The Morgan fingerprint density at radius 1 is 0.500 bits per heavy atom. The van der Waals surface area contributed by atoms with Gasteiger partial charge in [0.25, 0.3) is 17.7 Å². The number of carbonyl (C=O) groups excluding carboxylic acids is 4. The number of hydrogen-bond acceptors (Lipinski definition) is 4. The molecule has 0 spiro atoms. The molecule has 0 radical (unpaired) electrons. The zero-order valence-electron chi connectivity index (χ0n) is 16.6. The van der Waals surface area contributed by atoms with Crippen LogP contribution in [0.3, 0.4) is 0 Å². The highest BCUT2D eigenvalue weighted by Gasteiger charge is 2.36. The molecule has 0 bridgehead atoms. The van der Waals surface area contributed by atoms with Gasteiger partial charge in [0.05, 0.1) is 0 Å². The standard InChI is InChI=1S/C23H15Cl3N2O4/c1-14(29)27(21(30)15-2-8-18(24)9-3-15)28(22(31)16-4-10-19(25)11-5-16)23(32)17-6-12-20(26)13-7-17/h2-13H,1H3. The van der Waals surface area contributed by atoms with Gasteiger partial charge >= 0.3 is 0 Å². The van der Waals surface area contributed by atoms with E-state index in [1.807, 2.05) is 0 Å². The van der Waals surface area contributed by atoms with Crippen LogP contribution in [0.4, 0.5) is 0 Å². The third kappa shape index (κ3) is 5.16. The summed E-state index contributed by atoms with van der Waals surface area (Å²) in [4.78, 5) is 52.4. The summed E-state index contributed by atoms with van der Waals surface area (Å²) in [5, 5.41) is 2.13. The van der Waals surface area contributed by atoms with E-state index in [2.05, 4.69) is 0 Å². The van der Waals surface area contributed by atoms with E-state index in [4.69, 9.17) is 34.8 Å². The number of benzene rings is 3. The van der Waals surface area contributed by atoms with Crippen LogP contribution in [0, 0.1) is 0 Å². The summed E-state index contributed by atoms with van der Waals surface area (Å²) in [6.45, 7) is 1.07. The SMILES string of the molecule is CC(=O)N(C(=O)c1ccc(Cl)cc1)N(C(=O)c1ccc(Cl)cc1)C(=O)c1ccc(Cl)cc1. The Hall–Kier alpha value is -3.19. The second kappa shape index (κ2) is 9.96. The normalized spacial score (nSPS) is 10.4. The first-order valence-corrected chi connectivity index (χ1v) is 10.3. The van der Waals surface area contributed by atoms with Crippen molar-refractivity contribution in [2.45, 2.75) is 6.92 Å². The number of carbonyl (C=O) groups is 4. The van der Waals surface area contributed by atoms with Crippen LogP contribution in [0.1, 0.15) is 38.0 Å². The lowest BCUT2D eigenvalue weighted by Crippen LogP contribution is -2.55. The molecule has 3 rings (SSSR count). The molecule has 0 saturated carbocycles. The maximum absolute atomic E-state index is 13.3. The van der Waals surface area contributed by atoms with Gasteiger partial charge in [0.2, 0.25) is 5.91 Å². The summed E-state index contributed by atoms with van der Waals surface area (Å²) in [5.74, 6) is -3.49. The Kier molecular flexibility index (Phi) is 7.30. The molecule has 0 N–H and O–H groups in total. The van der Waals surface area contributed by atoms with Crippen LogP contribution in [0.25, 0.3) is 0 Å². The number of hydrazine groups is 1. The highest BCUT2D eigenvalue weighted by atomic mass is 35.5. The smallest absolute Gasteiger partial charge is 0.273 e. The van der Waals surface area contributed by atoms with Crippen LogP contribution >= 0.6 is 34.8 Å². The van der Waals surface area contributed by atoms with Crippen LogP contribution < -0.4 is 0 Å². The second-order valence-corrected chi connectivity index (χ2v) is 7.89. The van der Waals surface area contributed by atoms with E-state index in [1.165, 1.54) is 72.8 Å². The fourth-order valence-corrected chi connectivity index (χ4v) is 3.17. The average molecular weight is 490 g/mol. The van der Waals surface area contributed by atoms with Crippen molar-refractivity contribution in [3.8, 4) is 0 Å². The van der Waals surface area contributed by atoms with Gasteiger partial charge in [0, 0.05) is 38.7 Å². The molecule has 0 unspecified atom stereocenters. The van der Waals surface area contributed by atoms with E-state index in [0.29, 0.717) is 25.1 Å². The van der Waals surface area contributed by atoms with Gasteiger partial charge in [-0.25, -0.2) is 0 Å². The Morgan fingerprint density at radius 3 is 1.00 bits per heavy atom. The summed E-state index contributed by atoms with van der Waals surface area (Å²) in [6.07, 6.45) is 0. The third-order valence-electron chi connectivity index (χ3n) is 4.35. The molecular formula is C23H15Cl3N2O4. The quantitative estimate of drug-likeness (QED) is 0.358. The highest BCUT2D eigenvalue weighted by molar-refractivity contribution is 6.31. The van der Waals surface area contributed by atoms with Gasteiger partial charge in [-0.3, -0.25) is 19.2 Å². The Balaban J connectivity index is 2.12. The molecule has 3 aromatic carbocycles. The number of imide groups is 2. The molecule has 0 aromatic heterocycles. The topological polar surface area (TPSA) is 74.8 Å². The van der Waals surface area contributed by atoms with E-state index in [0.717, 1.165) is 6.92 Å². The number of hydrogen-bond donors (Lipinski definition) is 0. The maximum atomic E-state index is 13.3. The minimum Gasteiger partial charge on any atom is -0.273 e. The van der Waals surface area contributed by atoms with Gasteiger partial charge in [-0.15, -0.1) is 0 Å². The fraction of sp³-hybridized carbons (Fsp3) is 0.0435. The lowest BCUT2D eigenvalue weighted by atomic mass is 10.1. The van der Waals surface area contributed by atoms with Gasteiger partial charge in [0.1, 0.15) is 0 Å². The van der Waals surface area contributed by atoms with E-state index in [9.17, 15) is 19.2 Å². The molecule has 4 amide bonds. The first-order valence-electron chi connectivity index (χ1n) is 9.19. The molecule has 0 aliphatic carbocycles. The molecule has 3 aromatic rings. The molecule has 0 aliphatic rings. The molecule has 32 heavy (non-hydrogen) atoms. The first-order chi connectivity index (χ1) is 15.2. The molecule has 0 aliphatic heterocycles. The van der Waals surface area contributed by atoms with Crippen molar-refractivity contribution in [3.05, 3.63) is 105 Å². The van der Waals surface area contributed by atoms with Gasteiger partial charge in [-0.1, -0.05) is 34.8 Å². The van der Waals surface area contributed by atoms with E-state index >= 15 is 0 Å². The minimum atomic E-state index is -0.890. The second-order valence-electron chi connectivity index (χ2n) is 6.58. The number of nitrogens with zero attached hydrogens (tertiary/aromatic N) is 2. The van der Waals surface area contributed by atoms with Crippen molar-refractivity contribution in [3.63, 3.8) is 0 Å². The van der Waals surface area contributed by atoms with Crippen LogP contribution in [-0.2, 0) is 4.79 Å². The van der Waals surface area contributed by atoms with Gasteiger partial charge in [0.15, 0.2) is 0 Å². The number of rotatable bonds is 3.